The molecule has 3 heterocycles. The molecule has 0 aliphatic carbocycles. The lowest BCUT2D eigenvalue weighted by molar-refractivity contribution is -0.130. The lowest BCUT2D eigenvalue weighted by Gasteiger charge is -2.23. The van der Waals surface area contributed by atoms with Gasteiger partial charge in [-0.05, 0) is 69.7 Å². The average Bonchev–Trinajstić information content (AvgIpc) is 3.43. The number of nitrogens with zero attached hydrogens (tertiary/aromatic N) is 4. The first-order valence-electron chi connectivity index (χ1n) is 14.1. The Labute approximate surface area is 240 Å². The van der Waals surface area contributed by atoms with Crippen molar-refractivity contribution in [1.82, 2.24) is 35.8 Å². The van der Waals surface area contributed by atoms with Gasteiger partial charge in [-0.25, -0.2) is 0 Å². The molecule has 0 unspecified atom stereocenters. The average molecular weight is 562 g/mol. The van der Waals surface area contributed by atoms with E-state index in [4.69, 9.17) is 4.74 Å². The maximum Gasteiger partial charge on any atom is 0.251 e. The van der Waals surface area contributed by atoms with Crippen LogP contribution in [-0.2, 0) is 29.1 Å². The van der Waals surface area contributed by atoms with Crippen LogP contribution in [0.15, 0.2) is 60.8 Å². The Morgan fingerprint density at radius 1 is 0.951 bits per heavy atom. The normalized spacial score (nSPS) is 18.8. The zero-order chi connectivity index (χ0) is 29.0. The highest BCUT2D eigenvalue weighted by Gasteiger charge is 2.27. The van der Waals surface area contributed by atoms with E-state index in [0.29, 0.717) is 49.4 Å². The third-order valence-electron chi connectivity index (χ3n) is 6.83. The fourth-order valence-electron chi connectivity index (χ4n) is 4.57. The molecule has 4 bridgehead atoms. The van der Waals surface area contributed by atoms with Gasteiger partial charge in [-0.15, -0.1) is 5.10 Å². The van der Waals surface area contributed by atoms with Crippen molar-refractivity contribution in [3.05, 3.63) is 77.6 Å². The molecule has 3 amide bonds. The molecule has 2 atom stereocenters. The molecule has 2 aromatic carbocycles. The first kappa shape index (κ1) is 29.7. The largest absolute Gasteiger partial charge is 0.494 e. The minimum Gasteiger partial charge on any atom is -0.494 e. The summed E-state index contributed by atoms with van der Waals surface area (Å²) < 4.78 is 7.51. The summed E-state index contributed by atoms with van der Waals surface area (Å²) in [6.07, 6.45) is 4.83. The van der Waals surface area contributed by atoms with Crippen LogP contribution in [0.4, 0.5) is 0 Å². The summed E-state index contributed by atoms with van der Waals surface area (Å²) in [5.41, 5.74) is 1.94. The SMILES string of the molecule is CN(C)CCCC[C@@H]1NC(=O)c2ccc(cc2)OCCCn2cc(nn2)CNC(=O)[C@@H](Cc2ccccc2)NC1=O. The van der Waals surface area contributed by atoms with E-state index in [1.165, 1.54) is 0 Å². The molecule has 3 N–H and O–H groups in total. The number of hydrogen-bond donors (Lipinski definition) is 3. The molecule has 218 valence electrons. The predicted octanol–water partition coefficient (Wildman–Crippen LogP) is 1.93. The number of aryl methyl sites for hydroxylation is 1. The highest BCUT2D eigenvalue weighted by Crippen LogP contribution is 2.14. The summed E-state index contributed by atoms with van der Waals surface area (Å²) in [6, 6.07) is 14.7. The quantitative estimate of drug-likeness (QED) is 0.297. The van der Waals surface area contributed by atoms with E-state index >= 15 is 0 Å². The summed E-state index contributed by atoms with van der Waals surface area (Å²) >= 11 is 0. The van der Waals surface area contributed by atoms with Gasteiger partial charge in [-0.2, -0.15) is 0 Å². The Kier molecular flexibility index (Phi) is 10.8. The van der Waals surface area contributed by atoms with Crippen LogP contribution in [0.2, 0.25) is 0 Å². The summed E-state index contributed by atoms with van der Waals surface area (Å²) in [4.78, 5) is 42.2. The van der Waals surface area contributed by atoms with Crippen molar-refractivity contribution in [2.45, 2.75) is 57.3 Å². The Bertz CT molecular complexity index is 1280. The van der Waals surface area contributed by atoms with Gasteiger partial charge < -0.3 is 25.6 Å². The second-order valence-electron chi connectivity index (χ2n) is 10.5. The Balaban J connectivity index is 1.57. The first-order chi connectivity index (χ1) is 19.9. The fourth-order valence-corrected chi connectivity index (χ4v) is 4.57. The van der Waals surface area contributed by atoms with Gasteiger partial charge in [0.1, 0.15) is 23.5 Å². The van der Waals surface area contributed by atoms with Crippen LogP contribution in [0, 0.1) is 0 Å². The molecule has 0 radical (unpaired) electrons. The van der Waals surface area contributed by atoms with E-state index in [1.807, 2.05) is 44.4 Å². The van der Waals surface area contributed by atoms with E-state index in [1.54, 1.807) is 35.1 Å². The van der Waals surface area contributed by atoms with E-state index < -0.39 is 18.0 Å². The molecule has 11 nitrogen and oxygen atoms in total. The standard InChI is InChI=1S/C30H39N7O4/c1-36(2)16-7-6-11-26-30(40)33-27(19-22-9-4-3-5-10-22)29(39)31-20-24-21-37(35-34-24)17-8-18-41-25-14-12-23(13-15-25)28(38)32-26/h3-5,9-10,12-15,21,26-27H,6-8,11,16-20H2,1-2H3,(H,31,39)(H,32,38)(H,33,40)/t26-,27+/m0/s1. The van der Waals surface area contributed by atoms with Crippen molar-refractivity contribution < 1.29 is 19.1 Å². The van der Waals surface area contributed by atoms with Crippen LogP contribution < -0.4 is 20.7 Å². The van der Waals surface area contributed by atoms with Crippen LogP contribution in [0.5, 0.6) is 5.75 Å². The summed E-state index contributed by atoms with van der Waals surface area (Å²) in [5.74, 6) is -0.450. The Morgan fingerprint density at radius 2 is 1.73 bits per heavy atom. The van der Waals surface area contributed by atoms with Crippen molar-refractivity contribution in [1.29, 1.82) is 0 Å². The Hall–Kier alpha value is -4.25. The van der Waals surface area contributed by atoms with E-state index in [2.05, 4.69) is 31.2 Å². The molecule has 41 heavy (non-hydrogen) atoms. The lowest BCUT2D eigenvalue weighted by Crippen LogP contribution is -2.54. The molecule has 2 aliphatic rings. The van der Waals surface area contributed by atoms with Crippen molar-refractivity contribution >= 4 is 17.7 Å². The van der Waals surface area contributed by atoms with Gasteiger partial charge >= 0.3 is 0 Å². The third-order valence-corrected chi connectivity index (χ3v) is 6.83. The number of ether oxygens (including phenoxy) is 1. The zero-order valence-corrected chi connectivity index (χ0v) is 23.7. The zero-order valence-electron chi connectivity index (χ0n) is 23.7. The maximum atomic E-state index is 13.6. The van der Waals surface area contributed by atoms with Crippen molar-refractivity contribution in [2.75, 3.05) is 27.2 Å². The maximum absolute atomic E-state index is 13.6. The number of benzene rings is 2. The van der Waals surface area contributed by atoms with Crippen LogP contribution >= 0.6 is 0 Å². The van der Waals surface area contributed by atoms with E-state index in [9.17, 15) is 14.4 Å². The molecular weight excluding hydrogens is 522 g/mol. The first-order valence-corrected chi connectivity index (χ1v) is 14.1. The molecule has 5 rings (SSSR count). The van der Waals surface area contributed by atoms with Crippen molar-refractivity contribution in [3.63, 3.8) is 0 Å². The van der Waals surface area contributed by atoms with Crippen LogP contribution in [0.1, 0.15) is 47.3 Å². The minimum atomic E-state index is -0.844. The van der Waals surface area contributed by atoms with Crippen LogP contribution in [0.3, 0.4) is 0 Å². The summed E-state index contributed by atoms with van der Waals surface area (Å²) in [6.45, 7) is 2.11. The van der Waals surface area contributed by atoms with Gasteiger partial charge in [0.15, 0.2) is 0 Å². The van der Waals surface area contributed by atoms with Crippen LogP contribution in [0.25, 0.3) is 0 Å². The van der Waals surface area contributed by atoms with Crippen molar-refractivity contribution in [2.24, 2.45) is 0 Å². The predicted molar refractivity (Wildman–Crippen MR) is 154 cm³/mol. The molecule has 3 aromatic rings. The van der Waals surface area contributed by atoms with Gasteiger partial charge in [0, 0.05) is 24.9 Å². The number of unbranched alkanes of at least 4 members (excludes halogenated alkanes) is 1. The number of hydrogen-bond acceptors (Lipinski definition) is 7. The highest BCUT2D eigenvalue weighted by atomic mass is 16.5. The van der Waals surface area contributed by atoms with Gasteiger partial charge in [0.05, 0.1) is 19.3 Å². The van der Waals surface area contributed by atoms with Crippen molar-refractivity contribution in [3.8, 4) is 5.75 Å². The second-order valence-corrected chi connectivity index (χ2v) is 10.5. The Morgan fingerprint density at radius 3 is 2.49 bits per heavy atom. The monoisotopic (exact) mass is 561 g/mol. The molecule has 2 aliphatic heterocycles. The number of amides is 3. The number of carbonyl (C=O) groups excluding carboxylic acids is 3. The summed E-state index contributed by atoms with van der Waals surface area (Å²) in [5, 5.41) is 17.0. The number of carbonyl (C=O) groups is 3. The van der Waals surface area contributed by atoms with Gasteiger partial charge in [-0.3, -0.25) is 19.1 Å². The van der Waals surface area contributed by atoms with E-state index in [-0.39, 0.29) is 18.4 Å². The van der Waals surface area contributed by atoms with Gasteiger partial charge in [0.2, 0.25) is 11.8 Å². The molecule has 0 fully saturated rings. The second kappa shape index (κ2) is 14.9. The topological polar surface area (TPSA) is 130 Å². The molecule has 0 saturated heterocycles. The van der Waals surface area contributed by atoms with E-state index in [0.717, 1.165) is 24.9 Å². The molecule has 11 heteroatoms. The number of rotatable bonds is 7. The molecule has 1 aromatic heterocycles. The number of fused-ring (bicyclic) bond motifs is 13. The number of aromatic nitrogens is 3. The van der Waals surface area contributed by atoms with Gasteiger partial charge in [0.25, 0.3) is 5.91 Å². The highest BCUT2D eigenvalue weighted by molar-refractivity contribution is 5.98. The smallest absolute Gasteiger partial charge is 0.251 e. The minimum absolute atomic E-state index is 0.174. The lowest BCUT2D eigenvalue weighted by atomic mass is 10.0. The van der Waals surface area contributed by atoms with Gasteiger partial charge in [-0.1, -0.05) is 35.5 Å². The molecule has 0 saturated carbocycles. The molecule has 0 spiro atoms. The fraction of sp³-hybridized carbons (Fsp3) is 0.433. The molecular formula is C30H39N7O4. The summed E-state index contributed by atoms with van der Waals surface area (Å²) in [7, 11) is 3.99. The number of nitrogens with one attached hydrogen (secondary N) is 3. The van der Waals surface area contributed by atoms with Crippen LogP contribution in [-0.4, -0.2) is 76.9 Å². The third kappa shape index (κ3) is 9.42.